The van der Waals surface area contributed by atoms with E-state index in [4.69, 9.17) is 16.3 Å². The molecule has 5 nitrogen and oxygen atoms in total. The van der Waals surface area contributed by atoms with E-state index in [2.05, 4.69) is 15.6 Å². The van der Waals surface area contributed by atoms with Crippen molar-refractivity contribution in [2.24, 2.45) is 5.92 Å². The molecule has 2 heterocycles. The van der Waals surface area contributed by atoms with Crippen LogP contribution in [0.5, 0.6) is 5.75 Å². The van der Waals surface area contributed by atoms with Crippen LogP contribution < -0.4 is 20.9 Å². The van der Waals surface area contributed by atoms with Gasteiger partial charge < -0.3 is 20.4 Å². The zero-order valence-corrected chi connectivity index (χ0v) is 15.6. The van der Waals surface area contributed by atoms with Gasteiger partial charge in [-0.25, -0.2) is 0 Å². The zero-order valence-electron chi connectivity index (χ0n) is 14.9. The summed E-state index contributed by atoms with van der Waals surface area (Å²) in [5.74, 6) is 1.46. The Kier molecular flexibility index (Phi) is 5.48. The van der Waals surface area contributed by atoms with Gasteiger partial charge in [-0.1, -0.05) is 11.6 Å². The highest BCUT2D eigenvalue weighted by Crippen LogP contribution is 2.32. The summed E-state index contributed by atoms with van der Waals surface area (Å²) in [5, 5.41) is 9.11. The van der Waals surface area contributed by atoms with Crippen molar-refractivity contribution in [1.29, 1.82) is 0 Å². The van der Waals surface area contributed by atoms with E-state index in [0.29, 0.717) is 22.2 Å². The number of halogens is 1. The van der Waals surface area contributed by atoms with Gasteiger partial charge in [0.05, 0.1) is 11.1 Å². The summed E-state index contributed by atoms with van der Waals surface area (Å²) in [7, 11) is 0. The van der Waals surface area contributed by atoms with Crippen molar-refractivity contribution >= 4 is 22.4 Å². The van der Waals surface area contributed by atoms with E-state index in [0.717, 1.165) is 56.6 Å². The maximum Gasteiger partial charge on any atom is 0.255 e. The molecule has 1 saturated carbocycles. The molecule has 26 heavy (non-hydrogen) atoms. The number of ether oxygens (including phenoxy) is 1. The Morgan fingerprint density at radius 1 is 1.19 bits per heavy atom. The van der Waals surface area contributed by atoms with Crippen molar-refractivity contribution in [3.63, 3.8) is 0 Å². The highest BCUT2D eigenvalue weighted by molar-refractivity contribution is 6.32. The SMILES string of the molecule is O=c1[nH]ccc2cc(O[C@H]3CC[C@@H](NCC4CCNC4)CC3)c(Cl)cc12. The van der Waals surface area contributed by atoms with Crippen molar-refractivity contribution in [3.05, 3.63) is 39.8 Å². The monoisotopic (exact) mass is 375 g/mol. The number of hydrogen-bond donors (Lipinski definition) is 3. The third kappa shape index (κ3) is 4.05. The number of pyridine rings is 1. The van der Waals surface area contributed by atoms with Crippen LogP contribution in [-0.4, -0.2) is 36.8 Å². The highest BCUT2D eigenvalue weighted by Gasteiger charge is 2.24. The van der Waals surface area contributed by atoms with Gasteiger partial charge in [-0.15, -0.1) is 0 Å². The van der Waals surface area contributed by atoms with E-state index in [-0.39, 0.29) is 11.7 Å². The van der Waals surface area contributed by atoms with Gasteiger partial charge in [-0.05, 0) is 81.2 Å². The molecule has 1 aliphatic heterocycles. The third-order valence-corrected chi connectivity index (χ3v) is 5.95. The fourth-order valence-corrected chi connectivity index (χ4v) is 4.27. The highest BCUT2D eigenvalue weighted by atomic mass is 35.5. The first-order chi connectivity index (χ1) is 12.7. The molecular formula is C20H26ClN3O2. The van der Waals surface area contributed by atoms with Crippen molar-refractivity contribution in [3.8, 4) is 5.75 Å². The Labute approximate surface area is 158 Å². The van der Waals surface area contributed by atoms with E-state index in [1.807, 2.05) is 12.1 Å². The van der Waals surface area contributed by atoms with Gasteiger partial charge >= 0.3 is 0 Å². The number of benzene rings is 1. The first kappa shape index (κ1) is 17.8. The number of nitrogens with one attached hydrogen (secondary N) is 3. The number of rotatable bonds is 5. The van der Waals surface area contributed by atoms with Gasteiger partial charge in [0, 0.05) is 17.6 Å². The summed E-state index contributed by atoms with van der Waals surface area (Å²) in [5.41, 5.74) is -0.125. The molecule has 0 spiro atoms. The lowest BCUT2D eigenvalue weighted by molar-refractivity contribution is 0.139. The topological polar surface area (TPSA) is 66.2 Å². The number of H-pyrrole nitrogens is 1. The molecule has 140 valence electrons. The summed E-state index contributed by atoms with van der Waals surface area (Å²) in [6.45, 7) is 3.42. The first-order valence-electron chi connectivity index (χ1n) is 9.61. The third-order valence-electron chi connectivity index (χ3n) is 5.65. The molecule has 2 aromatic rings. The average Bonchev–Trinajstić information content (AvgIpc) is 3.16. The van der Waals surface area contributed by atoms with Crippen LogP contribution in [0.2, 0.25) is 5.02 Å². The molecule has 2 aliphatic rings. The number of aromatic amines is 1. The first-order valence-corrected chi connectivity index (χ1v) is 9.98. The van der Waals surface area contributed by atoms with Gasteiger partial charge in [0.25, 0.3) is 5.56 Å². The van der Waals surface area contributed by atoms with Crippen LogP contribution in [-0.2, 0) is 0 Å². The molecule has 1 saturated heterocycles. The Morgan fingerprint density at radius 2 is 2.04 bits per heavy atom. The van der Waals surface area contributed by atoms with Crippen LogP contribution in [0.3, 0.4) is 0 Å². The van der Waals surface area contributed by atoms with Gasteiger partial charge in [0.15, 0.2) is 0 Å². The standard InChI is InChI=1S/C20H26ClN3O2/c21-18-10-17-14(6-8-23-20(17)25)9-19(18)26-16-3-1-15(2-4-16)24-12-13-5-7-22-11-13/h6,8-10,13,15-16,22,24H,1-5,7,11-12H2,(H,23,25)/t13?,15-,16+. The molecule has 1 aromatic heterocycles. The van der Waals surface area contributed by atoms with Crippen molar-refractivity contribution < 1.29 is 4.74 Å². The zero-order chi connectivity index (χ0) is 17.9. The van der Waals surface area contributed by atoms with Gasteiger partial charge in [0.1, 0.15) is 5.75 Å². The second-order valence-electron chi connectivity index (χ2n) is 7.54. The maximum atomic E-state index is 11.9. The van der Waals surface area contributed by atoms with Crippen molar-refractivity contribution in [2.75, 3.05) is 19.6 Å². The van der Waals surface area contributed by atoms with Crippen molar-refractivity contribution in [1.82, 2.24) is 15.6 Å². The minimum Gasteiger partial charge on any atom is -0.489 e. The summed E-state index contributed by atoms with van der Waals surface area (Å²) in [6, 6.07) is 6.05. The quantitative estimate of drug-likeness (QED) is 0.751. The molecule has 3 N–H and O–H groups in total. The van der Waals surface area contributed by atoms with Crippen LogP contribution in [0.4, 0.5) is 0 Å². The fourth-order valence-electron chi connectivity index (χ4n) is 4.07. The van der Waals surface area contributed by atoms with Crippen LogP contribution in [0.25, 0.3) is 10.8 Å². The maximum absolute atomic E-state index is 11.9. The average molecular weight is 376 g/mol. The lowest BCUT2D eigenvalue weighted by atomic mass is 9.92. The Morgan fingerprint density at radius 3 is 2.81 bits per heavy atom. The van der Waals surface area contributed by atoms with E-state index >= 15 is 0 Å². The molecule has 1 aliphatic carbocycles. The predicted octanol–water partition coefficient (Wildman–Crippen LogP) is 3.07. The molecule has 0 amide bonds. The second kappa shape index (κ2) is 7.99. The second-order valence-corrected chi connectivity index (χ2v) is 7.94. The van der Waals surface area contributed by atoms with Crippen LogP contribution in [0, 0.1) is 5.92 Å². The molecule has 1 atom stereocenters. The van der Waals surface area contributed by atoms with E-state index in [1.165, 1.54) is 6.42 Å². The van der Waals surface area contributed by atoms with Crippen LogP contribution in [0.15, 0.2) is 29.2 Å². The molecule has 2 fully saturated rings. The molecule has 0 bridgehead atoms. The normalized spacial score (nSPS) is 26.3. The summed E-state index contributed by atoms with van der Waals surface area (Å²) in [4.78, 5) is 14.5. The van der Waals surface area contributed by atoms with Crippen LogP contribution in [0.1, 0.15) is 32.1 Å². The van der Waals surface area contributed by atoms with E-state index < -0.39 is 0 Å². The minimum atomic E-state index is -0.125. The lowest BCUT2D eigenvalue weighted by Gasteiger charge is -2.30. The van der Waals surface area contributed by atoms with Gasteiger partial charge in [0.2, 0.25) is 0 Å². The Bertz CT molecular complexity index is 808. The number of hydrogen-bond acceptors (Lipinski definition) is 4. The van der Waals surface area contributed by atoms with Gasteiger partial charge in [-0.3, -0.25) is 4.79 Å². The fraction of sp³-hybridized carbons (Fsp3) is 0.550. The number of aromatic nitrogens is 1. The Hall–Kier alpha value is -1.56. The number of fused-ring (bicyclic) bond motifs is 1. The van der Waals surface area contributed by atoms with E-state index in [9.17, 15) is 4.79 Å². The largest absolute Gasteiger partial charge is 0.489 e. The molecule has 1 unspecified atom stereocenters. The molecule has 0 radical (unpaired) electrons. The van der Waals surface area contributed by atoms with Crippen LogP contribution >= 0.6 is 11.6 Å². The smallest absolute Gasteiger partial charge is 0.255 e. The lowest BCUT2D eigenvalue weighted by Crippen LogP contribution is -2.39. The molecule has 4 rings (SSSR count). The van der Waals surface area contributed by atoms with Crippen molar-refractivity contribution in [2.45, 2.75) is 44.2 Å². The summed E-state index contributed by atoms with van der Waals surface area (Å²) in [6.07, 6.45) is 7.46. The van der Waals surface area contributed by atoms with Gasteiger partial charge in [-0.2, -0.15) is 0 Å². The molecule has 6 heteroatoms. The summed E-state index contributed by atoms with van der Waals surface area (Å²) >= 11 is 6.35. The minimum absolute atomic E-state index is 0.125. The molecule has 1 aromatic carbocycles. The summed E-state index contributed by atoms with van der Waals surface area (Å²) < 4.78 is 6.18. The Balaban J connectivity index is 1.33. The van der Waals surface area contributed by atoms with E-state index in [1.54, 1.807) is 12.3 Å². The molecular weight excluding hydrogens is 350 g/mol. The predicted molar refractivity (Wildman–Crippen MR) is 105 cm³/mol.